The predicted molar refractivity (Wildman–Crippen MR) is 111 cm³/mol. The molecule has 0 radical (unpaired) electrons. The van der Waals surface area contributed by atoms with Gasteiger partial charge in [-0.25, -0.2) is 9.38 Å². The number of thioether (sulfide) groups is 1. The van der Waals surface area contributed by atoms with Crippen LogP contribution < -0.4 is 15.4 Å². The smallest absolute Gasteiger partial charge is 0.191 e. The SMILES string of the molecule is CCNC(=NCc1ccc(OC)c(F)c1)NCC1(C)CCCS1.I. The largest absolute Gasteiger partial charge is 0.494 e. The van der Waals surface area contributed by atoms with Crippen molar-refractivity contribution in [3.8, 4) is 5.75 Å². The normalized spacial score (nSPS) is 20.4. The molecule has 0 amide bonds. The van der Waals surface area contributed by atoms with Crippen molar-refractivity contribution in [1.29, 1.82) is 0 Å². The number of aliphatic imine (C=N–C) groups is 1. The lowest BCUT2D eigenvalue weighted by atomic mass is 10.1. The van der Waals surface area contributed by atoms with Crippen LogP contribution in [0.2, 0.25) is 0 Å². The van der Waals surface area contributed by atoms with Gasteiger partial charge in [0.25, 0.3) is 0 Å². The Balaban J connectivity index is 0.00000288. The lowest BCUT2D eigenvalue weighted by molar-refractivity contribution is 0.386. The van der Waals surface area contributed by atoms with Gasteiger partial charge in [0.1, 0.15) is 0 Å². The Bertz CT molecular complexity index is 551. The minimum absolute atomic E-state index is 0. The van der Waals surface area contributed by atoms with Crippen LogP contribution in [0.3, 0.4) is 0 Å². The highest BCUT2D eigenvalue weighted by Gasteiger charge is 2.29. The molecule has 1 aliphatic heterocycles. The van der Waals surface area contributed by atoms with Gasteiger partial charge in [-0.15, -0.1) is 24.0 Å². The average Bonchev–Trinajstić information content (AvgIpc) is 2.97. The summed E-state index contributed by atoms with van der Waals surface area (Å²) in [5.74, 6) is 1.91. The van der Waals surface area contributed by atoms with E-state index in [0.29, 0.717) is 6.54 Å². The molecule has 0 saturated carbocycles. The third kappa shape index (κ3) is 6.31. The maximum Gasteiger partial charge on any atom is 0.191 e. The first kappa shape index (κ1) is 21.3. The van der Waals surface area contributed by atoms with Gasteiger partial charge in [0.05, 0.1) is 13.7 Å². The molecule has 1 aromatic carbocycles. The third-order valence-electron chi connectivity index (χ3n) is 3.91. The second-order valence-electron chi connectivity index (χ2n) is 5.92. The topological polar surface area (TPSA) is 45.7 Å². The van der Waals surface area contributed by atoms with Crippen LogP contribution in [0, 0.1) is 5.82 Å². The highest BCUT2D eigenvalue weighted by molar-refractivity contribution is 14.0. The van der Waals surface area contributed by atoms with Gasteiger partial charge in [0, 0.05) is 17.8 Å². The zero-order chi connectivity index (χ0) is 16.7. The molecule has 1 aliphatic rings. The molecule has 1 fully saturated rings. The Morgan fingerprint density at radius 2 is 2.21 bits per heavy atom. The maximum absolute atomic E-state index is 13.7. The van der Waals surface area contributed by atoms with Crippen molar-refractivity contribution < 1.29 is 9.13 Å². The van der Waals surface area contributed by atoms with E-state index < -0.39 is 0 Å². The molecule has 2 N–H and O–H groups in total. The molecule has 4 nitrogen and oxygen atoms in total. The molecule has 2 rings (SSSR count). The van der Waals surface area contributed by atoms with Gasteiger partial charge in [-0.05, 0) is 50.1 Å². The van der Waals surface area contributed by atoms with E-state index in [1.807, 2.05) is 24.8 Å². The minimum Gasteiger partial charge on any atom is -0.494 e. The zero-order valence-electron chi connectivity index (χ0n) is 14.5. The number of ether oxygens (including phenoxy) is 1. The number of hydrogen-bond donors (Lipinski definition) is 2. The van der Waals surface area contributed by atoms with E-state index in [1.165, 1.54) is 31.8 Å². The van der Waals surface area contributed by atoms with Gasteiger partial charge >= 0.3 is 0 Å². The fourth-order valence-corrected chi connectivity index (χ4v) is 3.81. The minimum atomic E-state index is -0.354. The van der Waals surface area contributed by atoms with Crippen LogP contribution in [-0.2, 0) is 6.54 Å². The highest BCUT2D eigenvalue weighted by atomic mass is 127. The number of nitrogens with one attached hydrogen (secondary N) is 2. The van der Waals surface area contributed by atoms with E-state index in [9.17, 15) is 4.39 Å². The monoisotopic (exact) mass is 467 g/mol. The first-order chi connectivity index (χ1) is 11.1. The molecule has 0 aromatic heterocycles. The average molecular weight is 467 g/mol. The van der Waals surface area contributed by atoms with Crippen LogP contribution in [-0.4, -0.2) is 36.7 Å². The Morgan fingerprint density at radius 1 is 1.42 bits per heavy atom. The molecular weight excluding hydrogens is 440 g/mol. The standard InChI is InChI=1S/C17H26FN3OS.HI/c1-4-19-16(21-12-17(2)8-5-9-23-17)20-11-13-6-7-15(22-3)14(18)10-13;/h6-7,10H,4-5,8-9,11-12H2,1-3H3,(H2,19,20,21);1H. The van der Waals surface area contributed by atoms with Gasteiger partial charge in [0.15, 0.2) is 17.5 Å². The predicted octanol–water partition coefficient (Wildman–Crippen LogP) is 3.79. The van der Waals surface area contributed by atoms with Crippen LogP contribution >= 0.6 is 35.7 Å². The summed E-state index contributed by atoms with van der Waals surface area (Å²) in [7, 11) is 1.46. The molecule has 1 aromatic rings. The van der Waals surface area contributed by atoms with Gasteiger partial charge < -0.3 is 15.4 Å². The molecule has 1 heterocycles. The van der Waals surface area contributed by atoms with Crippen molar-refractivity contribution in [3.05, 3.63) is 29.6 Å². The number of rotatable bonds is 6. The lowest BCUT2D eigenvalue weighted by Crippen LogP contribution is -2.43. The van der Waals surface area contributed by atoms with Crippen molar-refractivity contribution in [2.24, 2.45) is 4.99 Å². The van der Waals surface area contributed by atoms with Gasteiger partial charge in [0.2, 0.25) is 0 Å². The molecule has 1 saturated heterocycles. The maximum atomic E-state index is 13.7. The molecule has 0 aliphatic carbocycles. The van der Waals surface area contributed by atoms with E-state index in [-0.39, 0.29) is 40.3 Å². The zero-order valence-corrected chi connectivity index (χ0v) is 17.7. The number of nitrogens with zero attached hydrogens (tertiary/aromatic N) is 1. The summed E-state index contributed by atoms with van der Waals surface area (Å²) < 4.78 is 18.9. The Kier molecular flexibility index (Phi) is 9.18. The van der Waals surface area contributed by atoms with Crippen molar-refractivity contribution in [2.75, 3.05) is 26.0 Å². The fourth-order valence-electron chi connectivity index (χ4n) is 2.57. The van der Waals surface area contributed by atoms with Gasteiger partial charge in [-0.3, -0.25) is 0 Å². The van der Waals surface area contributed by atoms with Crippen molar-refractivity contribution in [2.45, 2.75) is 38.0 Å². The fraction of sp³-hybridized carbons (Fsp3) is 0.588. The van der Waals surface area contributed by atoms with Crippen LogP contribution in [0.25, 0.3) is 0 Å². The number of guanidine groups is 1. The quantitative estimate of drug-likeness (QED) is 0.380. The van der Waals surface area contributed by atoms with Crippen molar-refractivity contribution in [1.82, 2.24) is 10.6 Å². The Hall–Kier alpha value is -0.700. The van der Waals surface area contributed by atoms with E-state index in [0.717, 1.165) is 24.6 Å². The number of hydrogen-bond acceptors (Lipinski definition) is 3. The van der Waals surface area contributed by atoms with Gasteiger partial charge in [-0.2, -0.15) is 11.8 Å². The molecule has 1 unspecified atom stereocenters. The summed E-state index contributed by atoms with van der Waals surface area (Å²) in [6.07, 6.45) is 2.51. The van der Waals surface area contributed by atoms with E-state index in [2.05, 4.69) is 22.5 Å². The second kappa shape index (κ2) is 10.3. The first-order valence-electron chi connectivity index (χ1n) is 8.05. The summed E-state index contributed by atoms with van der Waals surface area (Å²) in [5.41, 5.74) is 0.821. The van der Waals surface area contributed by atoms with Crippen molar-refractivity contribution >= 4 is 41.7 Å². The summed E-state index contributed by atoms with van der Waals surface area (Å²) in [6.45, 7) is 6.45. The molecule has 1 atom stereocenters. The molecule has 0 bridgehead atoms. The molecule has 136 valence electrons. The van der Waals surface area contributed by atoms with E-state index in [1.54, 1.807) is 6.07 Å². The number of benzene rings is 1. The molecule has 7 heteroatoms. The van der Waals surface area contributed by atoms with E-state index in [4.69, 9.17) is 4.74 Å². The Labute approximate surface area is 165 Å². The van der Waals surface area contributed by atoms with Gasteiger partial charge in [-0.1, -0.05) is 6.07 Å². The number of methoxy groups -OCH3 is 1. The summed E-state index contributed by atoms with van der Waals surface area (Å²) in [4.78, 5) is 4.55. The molecular formula is C17H27FIN3OS. The summed E-state index contributed by atoms with van der Waals surface area (Å²) in [5, 5.41) is 6.65. The molecule has 24 heavy (non-hydrogen) atoms. The second-order valence-corrected chi connectivity index (χ2v) is 7.60. The van der Waals surface area contributed by atoms with Crippen molar-refractivity contribution in [3.63, 3.8) is 0 Å². The highest BCUT2D eigenvalue weighted by Crippen LogP contribution is 2.36. The lowest BCUT2D eigenvalue weighted by Gasteiger charge is -2.24. The first-order valence-corrected chi connectivity index (χ1v) is 9.03. The van der Waals surface area contributed by atoms with Crippen LogP contribution in [0.1, 0.15) is 32.3 Å². The Morgan fingerprint density at radius 3 is 2.79 bits per heavy atom. The third-order valence-corrected chi connectivity index (χ3v) is 5.45. The number of halogens is 2. The molecule has 0 spiro atoms. The summed E-state index contributed by atoms with van der Waals surface area (Å²) >= 11 is 2.02. The van der Waals surface area contributed by atoms with Crippen LogP contribution in [0.15, 0.2) is 23.2 Å². The van der Waals surface area contributed by atoms with Crippen LogP contribution in [0.5, 0.6) is 5.75 Å². The van der Waals surface area contributed by atoms with E-state index >= 15 is 0 Å². The summed E-state index contributed by atoms with van der Waals surface area (Å²) in [6, 6.07) is 4.94. The van der Waals surface area contributed by atoms with Crippen LogP contribution in [0.4, 0.5) is 4.39 Å².